The van der Waals surface area contributed by atoms with Crippen molar-refractivity contribution in [1.82, 2.24) is 15.2 Å². The summed E-state index contributed by atoms with van der Waals surface area (Å²) in [4.78, 5) is 4.32. The van der Waals surface area contributed by atoms with Crippen LogP contribution in [0.15, 0.2) is 60.8 Å². The predicted molar refractivity (Wildman–Crippen MR) is 116 cm³/mol. The highest BCUT2D eigenvalue weighted by molar-refractivity contribution is 6.38. The van der Waals surface area contributed by atoms with E-state index in [1.165, 1.54) is 18.3 Å². The van der Waals surface area contributed by atoms with Gasteiger partial charge in [0.15, 0.2) is 5.15 Å². The number of nitrogens with zero attached hydrogens (tertiary/aromatic N) is 4. The first-order valence-electron chi connectivity index (χ1n) is 8.62. The van der Waals surface area contributed by atoms with Crippen molar-refractivity contribution in [3.63, 3.8) is 0 Å². The number of halogens is 4. The van der Waals surface area contributed by atoms with E-state index in [0.29, 0.717) is 33.0 Å². The van der Waals surface area contributed by atoms with Crippen LogP contribution in [0.3, 0.4) is 0 Å². The van der Waals surface area contributed by atoms with Crippen LogP contribution in [0.2, 0.25) is 15.2 Å². The SMILES string of the molecule is N#Cc1cccc(-c2c(-c3ccccc3F)nnc(Cl)c2-c2ncc(Cl)cc2Cl)c1. The van der Waals surface area contributed by atoms with Gasteiger partial charge >= 0.3 is 0 Å². The molecule has 0 saturated heterocycles. The van der Waals surface area contributed by atoms with Crippen molar-refractivity contribution in [2.75, 3.05) is 0 Å². The van der Waals surface area contributed by atoms with Crippen molar-refractivity contribution in [2.24, 2.45) is 0 Å². The van der Waals surface area contributed by atoms with Gasteiger partial charge in [0, 0.05) is 17.3 Å². The monoisotopic (exact) mass is 454 g/mol. The molecule has 0 amide bonds. The molecular formula is C22H10Cl3FN4. The zero-order valence-corrected chi connectivity index (χ0v) is 17.3. The van der Waals surface area contributed by atoms with Crippen LogP contribution in [0.5, 0.6) is 0 Å². The van der Waals surface area contributed by atoms with Crippen LogP contribution >= 0.6 is 34.8 Å². The predicted octanol–water partition coefficient (Wildman–Crippen LogP) is 6.84. The number of hydrogen-bond donors (Lipinski definition) is 0. The average molecular weight is 456 g/mol. The number of hydrogen-bond acceptors (Lipinski definition) is 4. The average Bonchev–Trinajstić information content (AvgIpc) is 2.75. The minimum atomic E-state index is -0.479. The molecule has 2 aromatic carbocycles. The first kappa shape index (κ1) is 20.2. The van der Waals surface area contributed by atoms with Gasteiger partial charge in [0.05, 0.1) is 32.9 Å². The second-order valence-electron chi connectivity index (χ2n) is 6.25. The van der Waals surface area contributed by atoms with Crippen LogP contribution < -0.4 is 0 Å². The van der Waals surface area contributed by atoms with E-state index in [4.69, 9.17) is 34.8 Å². The molecule has 0 radical (unpaired) electrons. The van der Waals surface area contributed by atoms with Crippen molar-refractivity contribution < 1.29 is 4.39 Å². The molecule has 0 aliphatic rings. The van der Waals surface area contributed by atoms with Crippen LogP contribution in [-0.2, 0) is 0 Å². The summed E-state index contributed by atoms with van der Waals surface area (Å²) in [6.45, 7) is 0. The molecule has 0 atom stereocenters. The third kappa shape index (κ3) is 3.73. The van der Waals surface area contributed by atoms with Crippen LogP contribution in [0.1, 0.15) is 5.56 Å². The lowest BCUT2D eigenvalue weighted by Crippen LogP contribution is -2.01. The highest BCUT2D eigenvalue weighted by Gasteiger charge is 2.24. The molecule has 4 aromatic rings. The molecule has 0 N–H and O–H groups in total. The van der Waals surface area contributed by atoms with Crippen molar-refractivity contribution >= 4 is 34.8 Å². The second kappa shape index (κ2) is 8.37. The van der Waals surface area contributed by atoms with Gasteiger partial charge in [-0.25, -0.2) is 4.39 Å². The van der Waals surface area contributed by atoms with Crippen molar-refractivity contribution in [2.45, 2.75) is 0 Å². The number of aromatic nitrogens is 3. The first-order valence-corrected chi connectivity index (χ1v) is 9.76. The molecular weight excluding hydrogens is 446 g/mol. The summed E-state index contributed by atoms with van der Waals surface area (Å²) < 4.78 is 14.7. The molecule has 0 unspecified atom stereocenters. The number of benzene rings is 2. The van der Waals surface area contributed by atoms with E-state index in [-0.39, 0.29) is 21.4 Å². The quantitative estimate of drug-likeness (QED) is 0.339. The van der Waals surface area contributed by atoms with E-state index >= 15 is 0 Å². The minimum Gasteiger partial charge on any atom is -0.253 e. The van der Waals surface area contributed by atoms with Crippen LogP contribution in [0, 0.1) is 17.1 Å². The zero-order chi connectivity index (χ0) is 21.3. The normalized spacial score (nSPS) is 10.6. The van der Waals surface area contributed by atoms with Gasteiger partial charge in [0.25, 0.3) is 0 Å². The minimum absolute atomic E-state index is 0.0316. The molecule has 0 fully saturated rings. The van der Waals surface area contributed by atoms with Crippen LogP contribution in [-0.4, -0.2) is 15.2 Å². The van der Waals surface area contributed by atoms with Gasteiger partial charge in [0.1, 0.15) is 11.5 Å². The molecule has 0 spiro atoms. The van der Waals surface area contributed by atoms with E-state index in [1.54, 1.807) is 42.5 Å². The van der Waals surface area contributed by atoms with E-state index in [9.17, 15) is 9.65 Å². The van der Waals surface area contributed by atoms with Gasteiger partial charge in [-0.3, -0.25) is 4.98 Å². The molecule has 0 saturated carbocycles. The highest BCUT2D eigenvalue weighted by atomic mass is 35.5. The first-order chi connectivity index (χ1) is 14.5. The van der Waals surface area contributed by atoms with Gasteiger partial charge in [0.2, 0.25) is 0 Å². The summed E-state index contributed by atoms with van der Waals surface area (Å²) in [5.41, 5.74) is 2.61. The molecule has 4 nitrogen and oxygen atoms in total. The maximum atomic E-state index is 14.7. The largest absolute Gasteiger partial charge is 0.253 e. The molecule has 0 bridgehead atoms. The Morgan fingerprint density at radius 1 is 0.867 bits per heavy atom. The molecule has 2 aromatic heterocycles. The Balaban J connectivity index is 2.13. The highest BCUT2D eigenvalue weighted by Crippen LogP contribution is 2.43. The zero-order valence-electron chi connectivity index (χ0n) is 15.1. The Morgan fingerprint density at radius 2 is 1.67 bits per heavy atom. The summed E-state index contributed by atoms with van der Waals surface area (Å²) in [6.07, 6.45) is 1.43. The van der Waals surface area contributed by atoms with Gasteiger partial charge in [-0.15, -0.1) is 10.2 Å². The van der Waals surface area contributed by atoms with E-state index in [1.807, 2.05) is 0 Å². The summed E-state index contributed by atoms with van der Waals surface area (Å²) >= 11 is 18.8. The smallest absolute Gasteiger partial charge is 0.161 e. The van der Waals surface area contributed by atoms with Gasteiger partial charge < -0.3 is 0 Å². The second-order valence-corrected chi connectivity index (χ2v) is 7.45. The summed E-state index contributed by atoms with van der Waals surface area (Å²) in [7, 11) is 0. The third-order valence-corrected chi connectivity index (χ3v) is 5.14. The third-order valence-electron chi connectivity index (χ3n) is 4.38. The summed E-state index contributed by atoms with van der Waals surface area (Å²) in [6, 6.07) is 16.6. The van der Waals surface area contributed by atoms with Crippen LogP contribution in [0.4, 0.5) is 4.39 Å². The molecule has 0 aliphatic heterocycles. The van der Waals surface area contributed by atoms with Crippen molar-refractivity contribution in [3.8, 4) is 39.7 Å². The van der Waals surface area contributed by atoms with E-state index < -0.39 is 5.82 Å². The number of pyridine rings is 1. The van der Waals surface area contributed by atoms with E-state index in [2.05, 4.69) is 21.3 Å². The van der Waals surface area contributed by atoms with Crippen molar-refractivity contribution in [1.29, 1.82) is 5.26 Å². The maximum absolute atomic E-state index is 14.7. The fraction of sp³-hybridized carbons (Fsp3) is 0. The Kier molecular flexibility index (Phi) is 5.65. The molecule has 8 heteroatoms. The number of nitriles is 1. The Labute approximate surface area is 186 Å². The van der Waals surface area contributed by atoms with Crippen LogP contribution in [0.25, 0.3) is 33.6 Å². The number of rotatable bonds is 3. The molecule has 2 heterocycles. The maximum Gasteiger partial charge on any atom is 0.161 e. The molecule has 0 aliphatic carbocycles. The van der Waals surface area contributed by atoms with Gasteiger partial charge in [-0.1, -0.05) is 59.1 Å². The van der Waals surface area contributed by atoms with Gasteiger partial charge in [-0.2, -0.15) is 5.26 Å². The molecule has 146 valence electrons. The fourth-order valence-corrected chi connectivity index (χ4v) is 3.79. The topological polar surface area (TPSA) is 62.5 Å². The Hall–Kier alpha value is -3.04. The lowest BCUT2D eigenvalue weighted by Gasteiger charge is -2.16. The lowest BCUT2D eigenvalue weighted by atomic mass is 9.93. The summed E-state index contributed by atoms with van der Waals surface area (Å²) in [5, 5.41) is 18.2. The Bertz CT molecular complexity index is 1320. The van der Waals surface area contributed by atoms with Crippen molar-refractivity contribution in [3.05, 3.63) is 87.4 Å². The Morgan fingerprint density at radius 3 is 2.40 bits per heavy atom. The fourth-order valence-electron chi connectivity index (χ4n) is 3.10. The standard InChI is InChI=1S/C22H10Cl3FN4/c23-14-9-16(24)21(28-11-14)19-18(13-5-3-4-12(8-13)10-27)20(29-30-22(19)25)15-6-1-2-7-17(15)26/h1-9,11H. The van der Waals surface area contributed by atoms with Gasteiger partial charge in [-0.05, 0) is 35.9 Å². The summed E-state index contributed by atoms with van der Waals surface area (Å²) in [5.74, 6) is -0.479. The molecule has 30 heavy (non-hydrogen) atoms. The molecule has 4 rings (SSSR count). The van der Waals surface area contributed by atoms with E-state index in [0.717, 1.165) is 0 Å². The lowest BCUT2D eigenvalue weighted by molar-refractivity contribution is 0.630.